The fourth-order valence-electron chi connectivity index (χ4n) is 2.98. The van der Waals surface area contributed by atoms with Crippen molar-refractivity contribution in [2.24, 2.45) is 0 Å². The summed E-state index contributed by atoms with van der Waals surface area (Å²) in [5.41, 5.74) is 1.92. The van der Waals surface area contributed by atoms with Gasteiger partial charge in [0.1, 0.15) is 0 Å². The zero-order chi connectivity index (χ0) is 19.8. The monoisotopic (exact) mass is 396 g/mol. The van der Waals surface area contributed by atoms with Crippen molar-refractivity contribution in [3.8, 4) is 11.5 Å². The predicted molar refractivity (Wildman–Crippen MR) is 111 cm³/mol. The summed E-state index contributed by atoms with van der Waals surface area (Å²) >= 11 is 1.72. The first-order chi connectivity index (χ1) is 13.7. The Balaban J connectivity index is 1.73. The van der Waals surface area contributed by atoms with E-state index in [1.807, 2.05) is 47.5 Å². The lowest BCUT2D eigenvalue weighted by molar-refractivity contribution is -0.131. The molecule has 0 fully saturated rings. The van der Waals surface area contributed by atoms with E-state index in [1.165, 1.54) is 4.88 Å². The molecule has 0 N–H and O–H groups in total. The van der Waals surface area contributed by atoms with Crippen molar-refractivity contribution in [1.29, 1.82) is 0 Å². The maximum atomic E-state index is 13.1. The van der Waals surface area contributed by atoms with E-state index >= 15 is 0 Å². The van der Waals surface area contributed by atoms with Crippen LogP contribution in [0.5, 0.6) is 11.5 Å². The van der Waals surface area contributed by atoms with Crippen LogP contribution in [0.15, 0.2) is 60.2 Å². The molecule has 1 amide bonds. The van der Waals surface area contributed by atoms with Crippen LogP contribution >= 0.6 is 11.3 Å². The molecule has 28 heavy (non-hydrogen) atoms. The highest BCUT2D eigenvalue weighted by Crippen LogP contribution is 2.28. The van der Waals surface area contributed by atoms with Gasteiger partial charge < -0.3 is 14.4 Å². The molecule has 6 heteroatoms. The molecule has 0 spiro atoms. The standard InChI is InChI=1S/C22H24N2O3S/c1-26-20-8-7-17(13-21(20)27-2)14-22(25)24(11-9-19-6-4-12-28-19)16-18-5-3-10-23-15-18/h3-8,10,12-13,15H,9,11,14,16H2,1-2H3. The van der Waals surface area contributed by atoms with Gasteiger partial charge in [0.05, 0.1) is 20.6 Å². The topological polar surface area (TPSA) is 51.7 Å². The Kier molecular flexibility index (Phi) is 7.03. The summed E-state index contributed by atoms with van der Waals surface area (Å²) in [5, 5.41) is 2.06. The third-order valence-electron chi connectivity index (χ3n) is 4.46. The Morgan fingerprint density at radius 2 is 1.93 bits per heavy atom. The normalized spacial score (nSPS) is 10.5. The van der Waals surface area contributed by atoms with Crippen molar-refractivity contribution >= 4 is 17.2 Å². The molecule has 0 radical (unpaired) electrons. The third-order valence-corrected chi connectivity index (χ3v) is 5.40. The van der Waals surface area contributed by atoms with Gasteiger partial charge >= 0.3 is 0 Å². The highest BCUT2D eigenvalue weighted by Gasteiger charge is 2.16. The second-order valence-electron chi connectivity index (χ2n) is 6.37. The first-order valence-corrected chi connectivity index (χ1v) is 9.97. The van der Waals surface area contributed by atoms with Crippen LogP contribution < -0.4 is 9.47 Å². The Morgan fingerprint density at radius 3 is 2.61 bits per heavy atom. The molecule has 0 saturated carbocycles. The van der Waals surface area contributed by atoms with Crippen LogP contribution in [-0.2, 0) is 24.2 Å². The number of rotatable bonds is 9. The van der Waals surface area contributed by atoms with Crippen molar-refractivity contribution in [3.63, 3.8) is 0 Å². The number of benzene rings is 1. The quantitative estimate of drug-likeness (QED) is 0.549. The fourth-order valence-corrected chi connectivity index (χ4v) is 3.68. The van der Waals surface area contributed by atoms with E-state index in [0.717, 1.165) is 17.5 Å². The van der Waals surface area contributed by atoms with E-state index < -0.39 is 0 Å². The van der Waals surface area contributed by atoms with Gasteiger partial charge in [0.25, 0.3) is 0 Å². The molecule has 3 aromatic rings. The molecule has 0 unspecified atom stereocenters. The largest absolute Gasteiger partial charge is 0.493 e. The summed E-state index contributed by atoms with van der Waals surface area (Å²) in [6, 6.07) is 13.6. The predicted octanol–water partition coefficient (Wildman–Crippen LogP) is 3.97. The van der Waals surface area contributed by atoms with Crippen molar-refractivity contribution in [1.82, 2.24) is 9.88 Å². The number of carbonyl (C=O) groups excluding carboxylic acids is 1. The number of amides is 1. The summed E-state index contributed by atoms with van der Waals surface area (Å²) in [6.07, 6.45) is 4.70. The van der Waals surface area contributed by atoms with Crippen molar-refractivity contribution in [2.45, 2.75) is 19.4 Å². The Morgan fingerprint density at radius 1 is 1.07 bits per heavy atom. The molecule has 5 nitrogen and oxygen atoms in total. The van der Waals surface area contributed by atoms with E-state index in [2.05, 4.69) is 16.4 Å². The number of hydrogen-bond donors (Lipinski definition) is 0. The maximum Gasteiger partial charge on any atom is 0.227 e. The molecule has 2 aromatic heterocycles. The number of carbonyl (C=O) groups is 1. The summed E-state index contributed by atoms with van der Waals surface area (Å²) in [7, 11) is 3.20. The van der Waals surface area contributed by atoms with Crippen LogP contribution in [0, 0.1) is 0 Å². The van der Waals surface area contributed by atoms with Crippen LogP contribution in [0.3, 0.4) is 0 Å². The number of pyridine rings is 1. The van der Waals surface area contributed by atoms with Gasteiger partial charge in [0, 0.05) is 30.4 Å². The van der Waals surface area contributed by atoms with Crippen LogP contribution in [0.4, 0.5) is 0 Å². The van der Waals surface area contributed by atoms with Crippen LogP contribution in [0.2, 0.25) is 0 Å². The second-order valence-corrected chi connectivity index (χ2v) is 7.40. The zero-order valence-corrected chi connectivity index (χ0v) is 16.9. The number of methoxy groups -OCH3 is 2. The molecular weight excluding hydrogens is 372 g/mol. The minimum Gasteiger partial charge on any atom is -0.493 e. The summed E-state index contributed by atoms with van der Waals surface area (Å²) in [6.45, 7) is 1.22. The Labute approximate surface area is 169 Å². The first kappa shape index (κ1) is 19.9. The van der Waals surface area contributed by atoms with Crippen LogP contribution in [-0.4, -0.2) is 36.6 Å². The van der Waals surface area contributed by atoms with Crippen LogP contribution in [0.25, 0.3) is 0 Å². The molecule has 0 bridgehead atoms. The molecule has 1 aromatic carbocycles. The molecule has 3 rings (SSSR count). The van der Waals surface area contributed by atoms with Gasteiger partial charge in [-0.1, -0.05) is 18.2 Å². The lowest BCUT2D eigenvalue weighted by Crippen LogP contribution is -2.33. The first-order valence-electron chi connectivity index (χ1n) is 9.09. The lowest BCUT2D eigenvalue weighted by atomic mass is 10.1. The molecule has 2 heterocycles. The minimum absolute atomic E-state index is 0.0765. The molecule has 0 aliphatic heterocycles. The maximum absolute atomic E-state index is 13.1. The summed E-state index contributed by atoms with van der Waals surface area (Å²) in [5.74, 6) is 1.36. The van der Waals surface area contributed by atoms with Gasteiger partial charge in [0.15, 0.2) is 11.5 Å². The van der Waals surface area contributed by atoms with Crippen molar-refractivity contribution in [3.05, 3.63) is 76.2 Å². The molecule has 0 saturated heterocycles. The van der Waals surface area contributed by atoms with E-state index in [-0.39, 0.29) is 5.91 Å². The van der Waals surface area contributed by atoms with Gasteiger partial charge in [-0.3, -0.25) is 9.78 Å². The SMILES string of the molecule is COc1ccc(CC(=O)N(CCc2cccs2)Cc2cccnc2)cc1OC. The Bertz CT molecular complexity index is 882. The van der Waals surface area contributed by atoms with E-state index in [0.29, 0.717) is 31.0 Å². The average Bonchev–Trinajstić information content (AvgIpc) is 3.25. The molecule has 0 aliphatic rings. The second kappa shape index (κ2) is 9.90. The van der Waals surface area contributed by atoms with Gasteiger partial charge in [-0.2, -0.15) is 0 Å². The average molecular weight is 397 g/mol. The van der Waals surface area contributed by atoms with Crippen LogP contribution in [0.1, 0.15) is 16.0 Å². The van der Waals surface area contributed by atoms with Gasteiger partial charge in [-0.05, 0) is 47.2 Å². The molecular formula is C22H24N2O3S. The number of ether oxygens (including phenoxy) is 2. The van der Waals surface area contributed by atoms with Gasteiger partial charge in [-0.15, -0.1) is 11.3 Å². The zero-order valence-electron chi connectivity index (χ0n) is 16.1. The number of nitrogens with zero attached hydrogens (tertiary/aromatic N) is 2. The summed E-state index contributed by atoms with van der Waals surface area (Å²) in [4.78, 5) is 20.4. The number of thiophene rings is 1. The number of aromatic nitrogens is 1. The lowest BCUT2D eigenvalue weighted by Gasteiger charge is -2.23. The Hall–Kier alpha value is -2.86. The fraction of sp³-hybridized carbons (Fsp3) is 0.273. The molecule has 146 valence electrons. The number of hydrogen-bond acceptors (Lipinski definition) is 5. The van der Waals surface area contributed by atoms with Crippen molar-refractivity contribution in [2.75, 3.05) is 20.8 Å². The minimum atomic E-state index is 0.0765. The smallest absolute Gasteiger partial charge is 0.227 e. The molecule has 0 atom stereocenters. The van der Waals surface area contributed by atoms with E-state index in [1.54, 1.807) is 31.8 Å². The van der Waals surface area contributed by atoms with E-state index in [9.17, 15) is 4.79 Å². The van der Waals surface area contributed by atoms with Gasteiger partial charge in [-0.25, -0.2) is 0 Å². The van der Waals surface area contributed by atoms with Gasteiger partial charge in [0.2, 0.25) is 5.91 Å². The van der Waals surface area contributed by atoms with Crippen molar-refractivity contribution < 1.29 is 14.3 Å². The third kappa shape index (κ3) is 5.33. The summed E-state index contributed by atoms with van der Waals surface area (Å²) < 4.78 is 10.6. The molecule has 0 aliphatic carbocycles. The highest BCUT2D eigenvalue weighted by atomic mass is 32.1. The highest BCUT2D eigenvalue weighted by molar-refractivity contribution is 7.09. The van der Waals surface area contributed by atoms with E-state index in [4.69, 9.17) is 9.47 Å².